The van der Waals surface area contributed by atoms with Crippen molar-refractivity contribution < 1.29 is 9.78 Å². The highest BCUT2D eigenvalue weighted by Gasteiger charge is 2.31. The second-order valence-electron chi connectivity index (χ2n) is 7.20. The first kappa shape index (κ1) is 17.7. The van der Waals surface area contributed by atoms with Crippen molar-refractivity contribution in [1.29, 1.82) is 5.26 Å². The van der Waals surface area contributed by atoms with E-state index in [0.29, 0.717) is 0 Å². The maximum atomic E-state index is 11.6. The van der Waals surface area contributed by atoms with Crippen molar-refractivity contribution in [2.75, 3.05) is 31.1 Å². The van der Waals surface area contributed by atoms with Gasteiger partial charge in [0, 0.05) is 13.3 Å². The van der Waals surface area contributed by atoms with E-state index in [0.717, 1.165) is 56.8 Å². The van der Waals surface area contributed by atoms with Crippen molar-refractivity contribution in [3.05, 3.63) is 22.4 Å². The molecule has 5 heteroatoms. The minimum atomic E-state index is 0.137. The van der Waals surface area contributed by atoms with E-state index in [2.05, 4.69) is 22.9 Å². The van der Waals surface area contributed by atoms with Crippen molar-refractivity contribution in [3.63, 3.8) is 0 Å². The second kappa shape index (κ2) is 7.86. The first-order valence-electron chi connectivity index (χ1n) is 9.66. The van der Waals surface area contributed by atoms with E-state index in [9.17, 15) is 10.1 Å². The van der Waals surface area contributed by atoms with Gasteiger partial charge in [-0.3, -0.25) is 9.69 Å². The minimum absolute atomic E-state index is 0.137. The fourth-order valence-corrected chi connectivity index (χ4v) is 4.11. The van der Waals surface area contributed by atoms with Crippen LogP contribution in [0.3, 0.4) is 0 Å². The highest BCUT2D eigenvalue weighted by Crippen LogP contribution is 2.30. The molecular formula is C20H29N4O+. The molecule has 1 amide bonds. The SMILES string of the molecule is CCCCc1[nH+]c(N2CCN(C(C)=O)CC2)c(C#N)c2c1CCCC2. The largest absolute Gasteiger partial charge is 0.335 e. The summed E-state index contributed by atoms with van der Waals surface area (Å²) in [5.41, 5.74) is 4.86. The highest BCUT2D eigenvalue weighted by atomic mass is 16.2. The Morgan fingerprint density at radius 1 is 1.16 bits per heavy atom. The molecule has 1 aliphatic carbocycles. The number of fused-ring (bicyclic) bond motifs is 1. The molecule has 1 fully saturated rings. The maximum Gasteiger partial charge on any atom is 0.293 e. The summed E-state index contributed by atoms with van der Waals surface area (Å²) in [5, 5.41) is 9.85. The highest BCUT2D eigenvalue weighted by molar-refractivity contribution is 5.73. The Hall–Kier alpha value is -2.09. The van der Waals surface area contributed by atoms with Gasteiger partial charge in [0.2, 0.25) is 5.91 Å². The number of aromatic amines is 1. The maximum absolute atomic E-state index is 11.6. The van der Waals surface area contributed by atoms with E-state index in [4.69, 9.17) is 0 Å². The Labute approximate surface area is 150 Å². The zero-order valence-electron chi connectivity index (χ0n) is 15.5. The van der Waals surface area contributed by atoms with E-state index in [1.54, 1.807) is 6.92 Å². The van der Waals surface area contributed by atoms with Gasteiger partial charge in [-0.15, -0.1) is 0 Å². The number of unbranched alkanes of at least 4 members (excludes halogenated alkanes) is 1. The van der Waals surface area contributed by atoms with Crippen molar-refractivity contribution in [2.24, 2.45) is 0 Å². The van der Waals surface area contributed by atoms with Crippen LogP contribution in [0, 0.1) is 11.3 Å². The molecule has 1 N–H and O–H groups in total. The van der Waals surface area contributed by atoms with Crippen LogP contribution >= 0.6 is 0 Å². The predicted octanol–water partition coefficient (Wildman–Crippen LogP) is 2.26. The normalized spacial score (nSPS) is 17.2. The minimum Gasteiger partial charge on any atom is -0.335 e. The molecule has 2 heterocycles. The van der Waals surface area contributed by atoms with Gasteiger partial charge in [-0.05, 0) is 43.2 Å². The van der Waals surface area contributed by atoms with Gasteiger partial charge < -0.3 is 4.90 Å². The van der Waals surface area contributed by atoms with E-state index in [1.165, 1.54) is 42.5 Å². The molecular weight excluding hydrogens is 312 g/mol. The summed E-state index contributed by atoms with van der Waals surface area (Å²) in [7, 11) is 0. The fraction of sp³-hybridized carbons (Fsp3) is 0.650. The number of carbonyl (C=O) groups is 1. The van der Waals surface area contributed by atoms with Crippen LogP contribution in [0.5, 0.6) is 0 Å². The first-order valence-corrected chi connectivity index (χ1v) is 9.66. The van der Waals surface area contributed by atoms with Crippen molar-refractivity contribution in [1.82, 2.24) is 4.90 Å². The van der Waals surface area contributed by atoms with Crippen LogP contribution in [-0.4, -0.2) is 37.0 Å². The Balaban J connectivity index is 1.95. The number of hydrogen-bond acceptors (Lipinski definition) is 3. The Morgan fingerprint density at radius 3 is 2.44 bits per heavy atom. The smallest absolute Gasteiger partial charge is 0.293 e. The number of nitriles is 1. The first-order chi connectivity index (χ1) is 12.2. The molecule has 0 spiro atoms. The number of rotatable bonds is 4. The van der Waals surface area contributed by atoms with Gasteiger partial charge >= 0.3 is 0 Å². The number of nitrogens with zero attached hydrogens (tertiary/aromatic N) is 3. The molecule has 0 aromatic carbocycles. The van der Waals surface area contributed by atoms with Crippen LogP contribution in [0.2, 0.25) is 0 Å². The van der Waals surface area contributed by atoms with Crippen LogP contribution in [0.15, 0.2) is 0 Å². The van der Waals surface area contributed by atoms with Gasteiger partial charge in [-0.25, -0.2) is 4.98 Å². The van der Waals surface area contributed by atoms with Crippen LogP contribution in [0.4, 0.5) is 5.82 Å². The lowest BCUT2D eigenvalue weighted by Crippen LogP contribution is -2.50. The third kappa shape index (κ3) is 3.63. The fourth-order valence-electron chi connectivity index (χ4n) is 4.11. The number of carbonyl (C=O) groups excluding carboxylic acids is 1. The zero-order chi connectivity index (χ0) is 17.8. The van der Waals surface area contributed by atoms with Gasteiger partial charge in [0.25, 0.3) is 5.82 Å². The molecule has 0 saturated carbocycles. The molecule has 1 aliphatic heterocycles. The van der Waals surface area contributed by atoms with Gasteiger partial charge in [0.1, 0.15) is 30.4 Å². The molecule has 0 unspecified atom stereocenters. The van der Waals surface area contributed by atoms with Crippen molar-refractivity contribution >= 4 is 11.7 Å². The molecule has 25 heavy (non-hydrogen) atoms. The summed E-state index contributed by atoms with van der Waals surface area (Å²) in [6, 6.07) is 2.48. The topological polar surface area (TPSA) is 61.5 Å². The van der Waals surface area contributed by atoms with Gasteiger partial charge in [0.05, 0.1) is 13.1 Å². The van der Waals surface area contributed by atoms with Crippen LogP contribution in [0.1, 0.15) is 61.9 Å². The van der Waals surface area contributed by atoms with E-state index in [1.807, 2.05) is 4.90 Å². The molecule has 134 valence electrons. The summed E-state index contributed by atoms with van der Waals surface area (Å²) in [6.45, 7) is 6.89. The lowest BCUT2D eigenvalue weighted by molar-refractivity contribution is -0.378. The molecule has 0 atom stereocenters. The summed E-state index contributed by atoms with van der Waals surface area (Å²) in [5.74, 6) is 1.12. The zero-order valence-corrected chi connectivity index (χ0v) is 15.5. The number of amides is 1. The monoisotopic (exact) mass is 341 g/mol. The number of nitrogens with one attached hydrogen (secondary N) is 1. The van der Waals surface area contributed by atoms with Crippen LogP contribution < -0.4 is 9.88 Å². The predicted molar refractivity (Wildman–Crippen MR) is 97.4 cm³/mol. The number of piperazine rings is 1. The molecule has 0 radical (unpaired) electrons. The average Bonchev–Trinajstić information content (AvgIpc) is 2.65. The van der Waals surface area contributed by atoms with Crippen LogP contribution in [0.25, 0.3) is 0 Å². The van der Waals surface area contributed by atoms with Gasteiger partial charge in [-0.1, -0.05) is 13.3 Å². The van der Waals surface area contributed by atoms with E-state index in [-0.39, 0.29) is 5.91 Å². The number of hydrogen-bond donors (Lipinski definition) is 0. The number of anilines is 1. The van der Waals surface area contributed by atoms with Crippen molar-refractivity contribution in [2.45, 2.75) is 58.8 Å². The lowest BCUT2D eigenvalue weighted by Gasteiger charge is -2.31. The summed E-state index contributed by atoms with van der Waals surface area (Å²) in [6.07, 6.45) is 7.93. The van der Waals surface area contributed by atoms with Gasteiger partial charge in [-0.2, -0.15) is 5.26 Å². The molecule has 1 aromatic rings. The molecule has 2 aliphatic rings. The number of aryl methyl sites for hydroxylation is 1. The number of pyridine rings is 1. The van der Waals surface area contributed by atoms with E-state index >= 15 is 0 Å². The molecule has 1 aromatic heterocycles. The average molecular weight is 341 g/mol. The molecule has 5 nitrogen and oxygen atoms in total. The molecule has 1 saturated heterocycles. The molecule has 3 rings (SSSR count). The van der Waals surface area contributed by atoms with Crippen LogP contribution in [-0.2, 0) is 24.1 Å². The summed E-state index contributed by atoms with van der Waals surface area (Å²) >= 11 is 0. The number of H-pyrrole nitrogens is 1. The lowest BCUT2D eigenvalue weighted by atomic mass is 9.86. The summed E-state index contributed by atoms with van der Waals surface area (Å²) in [4.78, 5) is 19.4. The Morgan fingerprint density at radius 2 is 1.84 bits per heavy atom. The standard InChI is InChI=1S/C20H28N4O/c1-3-4-9-19-17-8-6-5-7-16(17)18(14-21)20(22-19)24-12-10-23(11-13-24)15(2)25/h3-13H2,1-2H3/p+1. The second-order valence-corrected chi connectivity index (χ2v) is 7.20. The number of aromatic nitrogens is 1. The molecule has 0 bridgehead atoms. The van der Waals surface area contributed by atoms with E-state index < -0.39 is 0 Å². The van der Waals surface area contributed by atoms with Crippen molar-refractivity contribution in [3.8, 4) is 6.07 Å². The quantitative estimate of drug-likeness (QED) is 0.844. The third-order valence-corrected chi connectivity index (χ3v) is 5.57. The summed E-state index contributed by atoms with van der Waals surface area (Å²) < 4.78 is 0. The Kier molecular flexibility index (Phi) is 5.57. The third-order valence-electron chi connectivity index (χ3n) is 5.57. The van der Waals surface area contributed by atoms with Gasteiger partial charge in [0.15, 0.2) is 0 Å². The Bertz CT molecular complexity index is 684.